The molecule has 1 saturated carbocycles. The van der Waals surface area contributed by atoms with Crippen LogP contribution in [0.3, 0.4) is 0 Å². The molecular formula is C18H26N6. The Balaban J connectivity index is 1.53. The van der Waals surface area contributed by atoms with Gasteiger partial charge in [-0.05, 0) is 44.7 Å². The Kier molecular flexibility index (Phi) is 4.33. The normalized spacial score (nSPS) is 22.2. The summed E-state index contributed by atoms with van der Waals surface area (Å²) in [6, 6.07) is 0.654. The van der Waals surface area contributed by atoms with Crippen LogP contribution in [0, 0.1) is 5.41 Å². The number of piperidine rings is 1. The van der Waals surface area contributed by atoms with Crippen LogP contribution in [0.5, 0.6) is 0 Å². The molecule has 1 N–H and O–H groups in total. The van der Waals surface area contributed by atoms with E-state index in [1.807, 2.05) is 18.6 Å². The Bertz CT molecular complexity index is 661. The molecule has 6 heteroatoms. The molecule has 2 aromatic heterocycles. The molecule has 1 aliphatic carbocycles. The van der Waals surface area contributed by atoms with Gasteiger partial charge in [-0.3, -0.25) is 4.90 Å². The standard InChI is InChI=1S/C18H26N6/c1-2-23-8-7-22-17(23)13-24(12-15-10-20-14-21-11-15)16-9-18(16)3-5-19-6-4-18/h7-8,10-11,14,16,19H,2-6,9,12-13H2,1H3. The van der Waals surface area contributed by atoms with Crippen LogP contribution in [0.1, 0.15) is 37.6 Å². The maximum atomic E-state index is 4.59. The third kappa shape index (κ3) is 3.08. The number of hydrogen-bond acceptors (Lipinski definition) is 5. The number of rotatable bonds is 6. The first-order valence-electron chi connectivity index (χ1n) is 8.99. The molecule has 2 aliphatic rings. The summed E-state index contributed by atoms with van der Waals surface area (Å²) < 4.78 is 2.24. The summed E-state index contributed by atoms with van der Waals surface area (Å²) in [6.45, 7) is 7.25. The van der Waals surface area contributed by atoms with Gasteiger partial charge in [0.2, 0.25) is 0 Å². The molecular weight excluding hydrogens is 300 g/mol. The second-order valence-corrected chi connectivity index (χ2v) is 7.11. The van der Waals surface area contributed by atoms with Crippen LogP contribution >= 0.6 is 0 Å². The maximum Gasteiger partial charge on any atom is 0.122 e. The van der Waals surface area contributed by atoms with Crippen LogP contribution < -0.4 is 5.32 Å². The average Bonchev–Trinajstić information content (AvgIpc) is 3.11. The Morgan fingerprint density at radius 3 is 2.79 bits per heavy atom. The summed E-state index contributed by atoms with van der Waals surface area (Å²) in [7, 11) is 0. The smallest absolute Gasteiger partial charge is 0.122 e. The van der Waals surface area contributed by atoms with Gasteiger partial charge in [0, 0.05) is 49.5 Å². The van der Waals surface area contributed by atoms with Crippen molar-refractivity contribution in [3.63, 3.8) is 0 Å². The molecule has 4 rings (SSSR count). The van der Waals surface area contributed by atoms with Crippen molar-refractivity contribution in [3.8, 4) is 0 Å². The van der Waals surface area contributed by atoms with Crippen molar-refractivity contribution >= 4 is 0 Å². The lowest BCUT2D eigenvalue weighted by Gasteiger charge is -2.29. The topological polar surface area (TPSA) is 58.9 Å². The van der Waals surface area contributed by atoms with Gasteiger partial charge in [-0.15, -0.1) is 0 Å². The molecule has 1 unspecified atom stereocenters. The van der Waals surface area contributed by atoms with Crippen molar-refractivity contribution < 1.29 is 0 Å². The third-order valence-corrected chi connectivity index (χ3v) is 5.67. The second-order valence-electron chi connectivity index (χ2n) is 7.11. The number of hydrogen-bond donors (Lipinski definition) is 1. The van der Waals surface area contributed by atoms with E-state index in [9.17, 15) is 0 Å². The number of imidazole rings is 1. The predicted molar refractivity (Wildman–Crippen MR) is 92.1 cm³/mol. The molecule has 0 radical (unpaired) electrons. The molecule has 128 valence electrons. The Morgan fingerprint density at radius 2 is 2.04 bits per heavy atom. The lowest BCUT2D eigenvalue weighted by Crippen LogP contribution is -2.36. The van der Waals surface area contributed by atoms with E-state index >= 15 is 0 Å². The highest BCUT2D eigenvalue weighted by atomic mass is 15.2. The zero-order valence-electron chi connectivity index (χ0n) is 14.4. The minimum Gasteiger partial charge on any atom is -0.334 e. The van der Waals surface area contributed by atoms with Crippen LogP contribution in [0.4, 0.5) is 0 Å². The summed E-state index contributed by atoms with van der Waals surface area (Å²) in [6.07, 6.45) is 13.4. The van der Waals surface area contributed by atoms with Crippen LogP contribution in [0.2, 0.25) is 0 Å². The van der Waals surface area contributed by atoms with E-state index in [0.29, 0.717) is 11.5 Å². The van der Waals surface area contributed by atoms with E-state index in [4.69, 9.17) is 0 Å². The number of aryl methyl sites for hydroxylation is 1. The van der Waals surface area contributed by atoms with E-state index in [0.717, 1.165) is 38.5 Å². The van der Waals surface area contributed by atoms with Crippen molar-refractivity contribution in [2.24, 2.45) is 5.41 Å². The van der Waals surface area contributed by atoms with Crippen molar-refractivity contribution in [1.29, 1.82) is 0 Å². The van der Waals surface area contributed by atoms with E-state index in [2.05, 4.69) is 42.9 Å². The fourth-order valence-electron chi connectivity index (χ4n) is 4.19. The van der Waals surface area contributed by atoms with Gasteiger partial charge in [0.15, 0.2) is 0 Å². The number of aromatic nitrogens is 4. The summed E-state index contributed by atoms with van der Waals surface area (Å²) in [5.74, 6) is 1.16. The first-order valence-corrected chi connectivity index (χ1v) is 8.99. The molecule has 0 bridgehead atoms. The van der Waals surface area contributed by atoms with Crippen molar-refractivity contribution in [1.82, 2.24) is 29.7 Å². The summed E-state index contributed by atoms with van der Waals surface area (Å²) >= 11 is 0. The lowest BCUT2D eigenvalue weighted by molar-refractivity contribution is 0.182. The van der Waals surface area contributed by atoms with Gasteiger partial charge in [0.1, 0.15) is 12.2 Å². The zero-order valence-corrected chi connectivity index (χ0v) is 14.4. The van der Waals surface area contributed by atoms with E-state index in [-0.39, 0.29) is 0 Å². The van der Waals surface area contributed by atoms with Crippen LogP contribution in [0.15, 0.2) is 31.1 Å². The molecule has 2 fully saturated rings. The fourth-order valence-corrected chi connectivity index (χ4v) is 4.19. The third-order valence-electron chi connectivity index (χ3n) is 5.67. The molecule has 1 saturated heterocycles. The van der Waals surface area contributed by atoms with Gasteiger partial charge in [0.25, 0.3) is 0 Å². The van der Waals surface area contributed by atoms with Gasteiger partial charge in [-0.2, -0.15) is 0 Å². The van der Waals surface area contributed by atoms with Crippen LogP contribution in [-0.4, -0.2) is 43.6 Å². The highest BCUT2D eigenvalue weighted by molar-refractivity contribution is 5.13. The lowest BCUT2D eigenvalue weighted by atomic mass is 9.93. The minimum atomic E-state index is 0.518. The first-order chi connectivity index (χ1) is 11.8. The second kappa shape index (κ2) is 6.61. The number of nitrogens with zero attached hydrogens (tertiary/aromatic N) is 5. The van der Waals surface area contributed by atoms with Crippen molar-refractivity contribution in [2.75, 3.05) is 13.1 Å². The first kappa shape index (κ1) is 15.7. The van der Waals surface area contributed by atoms with Gasteiger partial charge < -0.3 is 9.88 Å². The van der Waals surface area contributed by atoms with Gasteiger partial charge >= 0.3 is 0 Å². The highest BCUT2D eigenvalue weighted by Gasteiger charge is 2.56. The monoisotopic (exact) mass is 326 g/mol. The Morgan fingerprint density at radius 1 is 1.25 bits per heavy atom. The molecule has 1 aliphatic heterocycles. The van der Waals surface area contributed by atoms with Crippen molar-refractivity contribution in [2.45, 2.75) is 51.9 Å². The average molecular weight is 326 g/mol. The largest absolute Gasteiger partial charge is 0.334 e. The van der Waals surface area contributed by atoms with E-state index < -0.39 is 0 Å². The van der Waals surface area contributed by atoms with Crippen LogP contribution in [-0.2, 0) is 19.6 Å². The zero-order chi connectivity index (χ0) is 16.4. The molecule has 0 aromatic carbocycles. The number of nitrogens with one attached hydrogen (secondary N) is 1. The van der Waals surface area contributed by atoms with Crippen molar-refractivity contribution in [3.05, 3.63) is 42.5 Å². The van der Waals surface area contributed by atoms with Crippen LogP contribution in [0.25, 0.3) is 0 Å². The molecule has 24 heavy (non-hydrogen) atoms. The highest BCUT2D eigenvalue weighted by Crippen LogP contribution is 2.56. The molecule has 1 spiro atoms. The summed E-state index contributed by atoms with van der Waals surface area (Å²) in [4.78, 5) is 15.6. The molecule has 0 amide bonds. The SMILES string of the molecule is CCn1ccnc1CN(Cc1cncnc1)C1CC12CCNCC2. The Labute approximate surface area is 143 Å². The summed E-state index contributed by atoms with van der Waals surface area (Å²) in [5, 5.41) is 3.50. The van der Waals surface area contributed by atoms with Gasteiger partial charge in [0.05, 0.1) is 6.54 Å². The Hall–Kier alpha value is -1.79. The summed E-state index contributed by atoms with van der Waals surface area (Å²) in [5.41, 5.74) is 1.70. The fraction of sp³-hybridized carbons (Fsp3) is 0.611. The quantitative estimate of drug-likeness (QED) is 0.878. The molecule has 3 heterocycles. The molecule has 1 atom stereocenters. The predicted octanol–water partition coefficient (Wildman–Crippen LogP) is 1.84. The molecule has 2 aromatic rings. The minimum absolute atomic E-state index is 0.518. The molecule has 6 nitrogen and oxygen atoms in total. The maximum absolute atomic E-state index is 4.59. The van der Waals surface area contributed by atoms with E-state index in [1.165, 1.54) is 24.8 Å². The van der Waals surface area contributed by atoms with Gasteiger partial charge in [-0.25, -0.2) is 15.0 Å². The van der Waals surface area contributed by atoms with E-state index in [1.54, 1.807) is 6.33 Å². The van der Waals surface area contributed by atoms with Gasteiger partial charge in [-0.1, -0.05) is 0 Å².